The quantitative estimate of drug-likeness (QED) is 0.0621. The minimum Gasteiger partial charge on any atom is -0.459 e. The summed E-state index contributed by atoms with van der Waals surface area (Å²) in [6.07, 6.45) is 68.9. The lowest BCUT2D eigenvalue weighted by atomic mass is 9.81. The zero-order valence-corrected chi connectivity index (χ0v) is 86.6. The van der Waals surface area contributed by atoms with Crippen molar-refractivity contribution in [3.8, 4) is 0 Å². The van der Waals surface area contributed by atoms with Crippen LogP contribution in [-0.4, -0.2) is 81.0 Å². The van der Waals surface area contributed by atoms with Crippen LogP contribution >= 0.6 is 0 Å². The number of hydrogen-bond donors (Lipinski definition) is 0. The molecule has 0 N–H and O–H groups in total. The van der Waals surface area contributed by atoms with Crippen LogP contribution in [0.4, 0.5) is 0 Å². The van der Waals surface area contributed by atoms with Gasteiger partial charge >= 0.3 is 41.8 Å². The van der Waals surface area contributed by atoms with E-state index in [2.05, 4.69) is 76.2 Å². The van der Waals surface area contributed by atoms with Crippen LogP contribution in [-0.2, 0) is 66.7 Å². The maximum absolute atomic E-state index is 12.4. The molecule has 7 saturated carbocycles. The Morgan fingerprint density at radius 1 is 0.187 bits per heavy atom. The van der Waals surface area contributed by atoms with E-state index in [1.165, 1.54) is 225 Å². The average molecular weight is 1740 g/mol. The Labute approximate surface area is 760 Å². The molecule has 14 nitrogen and oxygen atoms in total. The summed E-state index contributed by atoms with van der Waals surface area (Å²) in [7, 11) is 0. The van der Waals surface area contributed by atoms with E-state index in [9.17, 15) is 33.6 Å². The summed E-state index contributed by atoms with van der Waals surface area (Å²) in [4.78, 5) is 85.4. The predicted octanol–water partition coefficient (Wildman–Crippen LogP) is 32.8. The monoisotopic (exact) mass is 1740 g/mol. The molecule has 0 aromatic carbocycles. The Kier molecular flexibility index (Phi) is 54.8. The molecular weight excluding hydrogens is 1530 g/mol. The third-order valence-corrected chi connectivity index (χ3v) is 30.8. The summed E-state index contributed by atoms with van der Waals surface area (Å²) in [6.45, 7) is 57.0. The summed E-state index contributed by atoms with van der Waals surface area (Å²) in [5, 5.41) is 0. The minimum atomic E-state index is -0.354. The predicted molar refractivity (Wildman–Crippen MR) is 515 cm³/mol. The van der Waals surface area contributed by atoms with E-state index < -0.39 is 0 Å². The largest absolute Gasteiger partial charge is 0.459 e. The van der Waals surface area contributed by atoms with Crippen LogP contribution in [0.1, 0.15) is 579 Å². The molecule has 7 fully saturated rings. The van der Waals surface area contributed by atoms with Crippen LogP contribution in [0.5, 0.6) is 0 Å². The van der Waals surface area contributed by atoms with Crippen molar-refractivity contribution >= 4 is 41.8 Å². The van der Waals surface area contributed by atoms with Gasteiger partial charge in [-0.05, 0) is 369 Å². The van der Waals surface area contributed by atoms with E-state index in [-0.39, 0.29) is 119 Å². The van der Waals surface area contributed by atoms with Gasteiger partial charge in [-0.3, -0.25) is 33.6 Å². The first-order chi connectivity index (χ1) is 57.5. The summed E-state index contributed by atoms with van der Waals surface area (Å²) in [6, 6.07) is 0. The molecule has 7 aliphatic rings. The van der Waals surface area contributed by atoms with Crippen LogP contribution in [0.25, 0.3) is 0 Å². The van der Waals surface area contributed by atoms with Crippen molar-refractivity contribution in [3.63, 3.8) is 0 Å². The van der Waals surface area contributed by atoms with Gasteiger partial charge in [0, 0.05) is 0 Å². The molecule has 0 atom stereocenters. The van der Waals surface area contributed by atoms with Gasteiger partial charge in [-0.2, -0.15) is 0 Å². The molecule has 0 aromatic heterocycles. The fraction of sp³-hybridized carbons (Fsp3) is 0.936. The highest BCUT2D eigenvalue weighted by Crippen LogP contribution is 2.43. The van der Waals surface area contributed by atoms with Gasteiger partial charge < -0.3 is 33.2 Å². The topological polar surface area (TPSA) is 184 Å². The van der Waals surface area contributed by atoms with E-state index in [1.54, 1.807) is 0 Å². The zero-order valence-electron chi connectivity index (χ0n) is 86.6. The van der Waals surface area contributed by atoms with Crippen molar-refractivity contribution in [1.29, 1.82) is 0 Å². The van der Waals surface area contributed by atoms with Crippen molar-refractivity contribution in [1.82, 2.24) is 0 Å². The normalized spacial score (nSPS) is 21.1. The van der Waals surface area contributed by atoms with Gasteiger partial charge in [0.1, 0.15) is 39.2 Å². The molecule has 0 unspecified atom stereocenters. The van der Waals surface area contributed by atoms with Crippen LogP contribution in [0, 0.1) is 37.9 Å². The fourth-order valence-electron chi connectivity index (χ4n) is 17.0. The highest BCUT2D eigenvalue weighted by atomic mass is 16.6. The number of esters is 7. The number of ether oxygens (including phenoxy) is 7. The second-order valence-electron chi connectivity index (χ2n) is 45.1. The molecule has 0 radical (unpaired) electrons. The molecule has 0 aromatic rings. The van der Waals surface area contributed by atoms with E-state index >= 15 is 0 Å². The summed E-state index contributed by atoms with van der Waals surface area (Å²) in [5.41, 5.74) is -3.75. The second-order valence-corrected chi connectivity index (χ2v) is 45.1. The lowest BCUT2D eigenvalue weighted by molar-refractivity contribution is -0.176. The van der Waals surface area contributed by atoms with Gasteiger partial charge in [-0.25, -0.2) is 0 Å². The first-order valence-electron chi connectivity index (χ1n) is 52.1. The smallest absolute Gasteiger partial charge is 0.312 e. The molecule has 0 saturated heterocycles. The maximum Gasteiger partial charge on any atom is 0.312 e. The molecule has 0 spiro atoms. The van der Waals surface area contributed by atoms with Crippen molar-refractivity contribution in [2.24, 2.45) is 37.9 Å². The van der Waals surface area contributed by atoms with Crippen LogP contribution in [0.15, 0.2) is 0 Å². The molecule has 0 aliphatic heterocycles. The first-order valence-corrected chi connectivity index (χ1v) is 52.1. The summed E-state index contributed by atoms with van der Waals surface area (Å²) < 4.78 is 41.2. The summed E-state index contributed by atoms with van der Waals surface area (Å²) >= 11 is 0. The zero-order chi connectivity index (χ0) is 93.4. The van der Waals surface area contributed by atoms with Gasteiger partial charge in [0.25, 0.3) is 0 Å². The molecule has 7 rings (SSSR count). The molecule has 14 heteroatoms. The second kappa shape index (κ2) is 57.5. The minimum absolute atomic E-state index is 0.00431. The maximum atomic E-state index is 12.4. The number of hydrogen-bond acceptors (Lipinski definition) is 14. The Hall–Kier alpha value is -3.71. The summed E-state index contributed by atoms with van der Waals surface area (Å²) in [5.74, 6) is -0.117. The van der Waals surface area contributed by atoms with E-state index in [4.69, 9.17) is 33.2 Å². The number of carbonyl (C=O) groups excluding carboxylic acids is 7. The van der Waals surface area contributed by atoms with Crippen LogP contribution < -0.4 is 0 Å². The Morgan fingerprint density at radius 2 is 0.309 bits per heavy atom. The first kappa shape index (κ1) is 117. The average Bonchev–Trinajstić information content (AvgIpc) is 0.844. The molecule has 7 aliphatic carbocycles. The van der Waals surface area contributed by atoms with E-state index in [0.717, 1.165) is 161 Å². The lowest BCUT2D eigenvalue weighted by Crippen LogP contribution is -2.41. The fourth-order valence-corrected chi connectivity index (χ4v) is 17.0. The molecule has 0 bridgehead atoms. The number of carbonyl (C=O) groups is 7. The highest BCUT2D eigenvalue weighted by molar-refractivity contribution is 5.79. The van der Waals surface area contributed by atoms with Crippen LogP contribution in [0.3, 0.4) is 0 Å². The van der Waals surface area contributed by atoms with E-state index in [1.807, 2.05) is 118 Å². The van der Waals surface area contributed by atoms with Crippen molar-refractivity contribution in [3.05, 3.63) is 0 Å². The Bertz CT molecular complexity index is 2860. The third-order valence-electron chi connectivity index (χ3n) is 30.8. The van der Waals surface area contributed by atoms with Gasteiger partial charge in [-0.1, -0.05) is 210 Å². The van der Waals surface area contributed by atoms with Gasteiger partial charge in [0.2, 0.25) is 0 Å². The van der Waals surface area contributed by atoms with Crippen LogP contribution in [0.2, 0.25) is 0 Å². The van der Waals surface area contributed by atoms with Gasteiger partial charge in [0.15, 0.2) is 0 Å². The standard InChI is InChI=1S/C19H36O2.C17H32O2.C16H30O2.2C15H28O2.C14H26O2.C13H24O2/c1-5-18(2,3)17(20)21-19(4)15-13-11-9-7-6-8-10-12-14-16-19;1-5-16(2,3)15(18)19-17(4)13-11-9-7-6-8-10-12-14-17;1-5-15(3,4)14(17)18-16(6-2)12-10-8-7-9-11-13-16;1-5-14(2,3)13(16)17-15(4)11-9-7-6-8-10-12-15;1-5-10-15(11-8-7-9-12-15)17-13(16)14(3,4)6-2;1-5-13(3,4)12(15)16-14(6-2)10-8-7-9-11-14;1-5-12(2,3)11(14)15-13(4)9-7-6-8-10-13/h5-16H2,1-4H3;5-14H2,1-4H3;5-13H2,1-4H3;2*5-12H2,1-4H3;5-11H2,1-4H3;5-10H2,1-4H3. The molecule has 123 heavy (non-hydrogen) atoms. The van der Waals surface area contributed by atoms with Crippen molar-refractivity contribution in [2.75, 3.05) is 0 Å². The molecule has 0 amide bonds. The van der Waals surface area contributed by atoms with E-state index in [0.29, 0.717) is 0 Å². The SMILES string of the molecule is CCC(C)(C)C(=O)OC1(C)CCCCC1.CCC(C)(C)C(=O)OC1(C)CCCCCCC1.CCC(C)(C)C(=O)OC1(C)CCCCCCCCC1.CCC(C)(C)C(=O)OC1(C)CCCCCCCCCCC1.CCC1(OC(=O)C(C)(C)CC)CCCCC1.CCC1(OC(=O)C(C)(C)CC)CCCCCCC1.CCCC1(OC(=O)C(C)(C)CC)CCCCC1. The molecular formula is C109H204O14. The Morgan fingerprint density at radius 3 is 0.455 bits per heavy atom. The highest BCUT2D eigenvalue weighted by Gasteiger charge is 2.44. The number of rotatable bonds is 25. The third kappa shape index (κ3) is 45.1. The van der Waals surface area contributed by atoms with Gasteiger partial charge in [-0.15, -0.1) is 0 Å². The molecule has 0 heterocycles. The molecule has 724 valence electrons. The lowest BCUT2D eigenvalue weighted by Gasteiger charge is -2.39. The van der Waals surface area contributed by atoms with Crippen molar-refractivity contribution in [2.45, 2.75) is 618 Å². The Balaban J connectivity index is 0.000000719. The van der Waals surface area contributed by atoms with Gasteiger partial charge in [0.05, 0.1) is 37.9 Å². The van der Waals surface area contributed by atoms with Crippen molar-refractivity contribution < 1.29 is 66.7 Å².